The molecule has 2 unspecified atom stereocenters. The summed E-state index contributed by atoms with van der Waals surface area (Å²) in [4.78, 5) is 0.252. The highest BCUT2D eigenvalue weighted by atomic mass is 32.2. The first-order chi connectivity index (χ1) is 10.1. The van der Waals surface area contributed by atoms with Crippen LogP contribution in [0.3, 0.4) is 0 Å². The molecule has 118 valence electrons. The molecule has 0 spiro atoms. The zero-order valence-corrected chi connectivity index (χ0v) is 13.0. The molecule has 0 amide bonds. The van der Waals surface area contributed by atoms with Crippen LogP contribution >= 0.6 is 0 Å². The molecule has 3 rings (SSSR count). The Kier molecular flexibility index (Phi) is 4.33. The molecule has 1 N–H and O–H groups in total. The lowest BCUT2D eigenvalue weighted by molar-refractivity contribution is 0.129. The van der Waals surface area contributed by atoms with Crippen molar-refractivity contribution in [1.82, 2.24) is 14.1 Å². The molecule has 1 aromatic rings. The predicted molar refractivity (Wildman–Crippen MR) is 78.2 cm³/mol. The van der Waals surface area contributed by atoms with Gasteiger partial charge in [0.05, 0.1) is 19.3 Å². The van der Waals surface area contributed by atoms with Gasteiger partial charge in [-0.25, -0.2) is 8.42 Å². The number of fused-ring (bicyclic) bond motifs is 1. The summed E-state index contributed by atoms with van der Waals surface area (Å²) in [6.07, 6.45) is 9.51. The van der Waals surface area contributed by atoms with Crippen LogP contribution in [0.25, 0.3) is 0 Å². The van der Waals surface area contributed by atoms with Crippen molar-refractivity contribution in [1.29, 1.82) is 0 Å². The van der Waals surface area contributed by atoms with Crippen LogP contribution in [-0.2, 0) is 16.6 Å². The monoisotopic (exact) mass is 313 g/mol. The SMILES string of the molecule is O=S(=O)(c1cnn(CCO)c1)N1CCCC2CCCCC21. The third-order valence-corrected chi connectivity index (χ3v) is 6.61. The molecule has 21 heavy (non-hydrogen) atoms. The van der Waals surface area contributed by atoms with E-state index in [9.17, 15) is 8.42 Å². The Hall–Kier alpha value is -0.920. The smallest absolute Gasteiger partial charge is 0.246 e. The number of hydrogen-bond donors (Lipinski definition) is 1. The van der Waals surface area contributed by atoms with Crippen LogP contribution in [0, 0.1) is 5.92 Å². The number of aliphatic hydroxyl groups excluding tert-OH is 1. The molecular formula is C14H23N3O3S. The van der Waals surface area contributed by atoms with Gasteiger partial charge in [-0.3, -0.25) is 4.68 Å². The average Bonchev–Trinajstić information content (AvgIpc) is 2.96. The Morgan fingerprint density at radius 3 is 2.81 bits per heavy atom. The maximum atomic E-state index is 12.9. The summed E-state index contributed by atoms with van der Waals surface area (Å²) >= 11 is 0. The molecule has 0 aromatic carbocycles. The van der Waals surface area contributed by atoms with Gasteiger partial charge in [-0.2, -0.15) is 9.40 Å². The van der Waals surface area contributed by atoms with E-state index in [4.69, 9.17) is 5.11 Å². The lowest BCUT2D eigenvalue weighted by atomic mass is 9.79. The Labute approximate surface area is 125 Å². The summed E-state index contributed by atoms with van der Waals surface area (Å²) in [6, 6.07) is 0.165. The van der Waals surface area contributed by atoms with Crippen molar-refractivity contribution in [2.24, 2.45) is 5.92 Å². The number of rotatable bonds is 4. The fourth-order valence-corrected chi connectivity index (χ4v) is 5.42. The lowest BCUT2D eigenvalue weighted by Crippen LogP contribution is -2.49. The minimum absolute atomic E-state index is 0.0461. The van der Waals surface area contributed by atoms with Gasteiger partial charge < -0.3 is 5.11 Å². The van der Waals surface area contributed by atoms with Crippen molar-refractivity contribution < 1.29 is 13.5 Å². The summed E-state index contributed by atoms with van der Waals surface area (Å²) in [5, 5.41) is 12.9. The second kappa shape index (κ2) is 6.06. The minimum atomic E-state index is -3.46. The van der Waals surface area contributed by atoms with Gasteiger partial charge in [0.15, 0.2) is 0 Å². The summed E-state index contributed by atoms with van der Waals surface area (Å²) in [5.74, 6) is 0.523. The highest BCUT2D eigenvalue weighted by Gasteiger charge is 2.40. The van der Waals surface area contributed by atoms with Crippen LogP contribution in [0.2, 0.25) is 0 Å². The predicted octanol–water partition coefficient (Wildman–Crippen LogP) is 1.22. The molecule has 0 radical (unpaired) electrons. The van der Waals surface area contributed by atoms with E-state index in [-0.39, 0.29) is 17.5 Å². The van der Waals surface area contributed by atoms with E-state index in [1.807, 2.05) is 0 Å². The minimum Gasteiger partial charge on any atom is -0.394 e. The van der Waals surface area contributed by atoms with Crippen LogP contribution in [-0.4, -0.2) is 46.8 Å². The Bertz CT molecular complexity index is 582. The van der Waals surface area contributed by atoms with Crippen molar-refractivity contribution in [3.8, 4) is 0 Å². The van der Waals surface area contributed by atoms with E-state index >= 15 is 0 Å². The largest absolute Gasteiger partial charge is 0.394 e. The van der Waals surface area contributed by atoms with Crippen LogP contribution in [0.4, 0.5) is 0 Å². The van der Waals surface area contributed by atoms with Gasteiger partial charge in [0.2, 0.25) is 10.0 Å². The molecule has 1 saturated heterocycles. The van der Waals surface area contributed by atoms with Crippen LogP contribution in [0.5, 0.6) is 0 Å². The molecule has 1 aliphatic carbocycles. The van der Waals surface area contributed by atoms with Gasteiger partial charge in [0.1, 0.15) is 4.90 Å². The van der Waals surface area contributed by atoms with Crippen molar-refractivity contribution in [3.05, 3.63) is 12.4 Å². The lowest BCUT2D eigenvalue weighted by Gasteiger charge is -2.42. The van der Waals surface area contributed by atoms with E-state index in [0.717, 1.165) is 32.1 Å². The van der Waals surface area contributed by atoms with Crippen LogP contribution in [0.1, 0.15) is 38.5 Å². The first-order valence-electron chi connectivity index (χ1n) is 7.78. The van der Waals surface area contributed by atoms with Gasteiger partial charge in [0, 0.05) is 18.8 Å². The van der Waals surface area contributed by atoms with Gasteiger partial charge in [0.25, 0.3) is 0 Å². The Morgan fingerprint density at radius 1 is 1.24 bits per heavy atom. The average molecular weight is 313 g/mol. The van der Waals surface area contributed by atoms with Crippen molar-refractivity contribution in [3.63, 3.8) is 0 Å². The maximum absolute atomic E-state index is 12.9. The third-order valence-electron chi connectivity index (χ3n) is 4.74. The molecular weight excluding hydrogens is 290 g/mol. The highest BCUT2D eigenvalue weighted by molar-refractivity contribution is 7.89. The molecule has 2 fully saturated rings. The standard InChI is InChI=1S/C14H23N3O3S/c18-9-8-16-11-13(10-15-16)21(19,20)17-7-3-5-12-4-1-2-6-14(12)17/h10-12,14,18H,1-9H2. The highest BCUT2D eigenvalue weighted by Crippen LogP contribution is 2.37. The molecule has 1 saturated carbocycles. The summed E-state index contributed by atoms with van der Waals surface area (Å²) < 4.78 is 28.9. The van der Waals surface area contributed by atoms with E-state index in [2.05, 4.69) is 5.10 Å². The van der Waals surface area contributed by atoms with Crippen molar-refractivity contribution in [2.45, 2.75) is 56.0 Å². The zero-order valence-electron chi connectivity index (χ0n) is 12.2. The molecule has 6 nitrogen and oxygen atoms in total. The third kappa shape index (κ3) is 2.86. The fraction of sp³-hybridized carbons (Fsp3) is 0.786. The van der Waals surface area contributed by atoms with Gasteiger partial charge in [-0.05, 0) is 31.6 Å². The normalized spacial score (nSPS) is 27.5. The topological polar surface area (TPSA) is 75.4 Å². The quantitative estimate of drug-likeness (QED) is 0.907. The molecule has 2 heterocycles. The summed E-state index contributed by atoms with van der Waals surface area (Å²) in [7, 11) is -3.46. The number of nitrogens with zero attached hydrogens (tertiary/aromatic N) is 3. The number of aromatic nitrogens is 2. The van der Waals surface area contributed by atoms with Gasteiger partial charge in [-0.1, -0.05) is 12.8 Å². The molecule has 2 atom stereocenters. The molecule has 1 aromatic heterocycles. The molecule has 2 aliphatic rings. The van der Waals surface area contributed by atoms with E-state index in [0.29, 0.717) is 19.0 Å². The number of hydrogen-bond acceptors (Lipinski definition) is 4. The summed E-state index contributed by atoms with van der Waals surface area (Å²) in [6.45, 7) is 0.895. The second-order valence-electron chi connectivity index (χ2n) is 6.03. The molecule has 1 aliphatic heterocycles. The number of piperidine rings is 1. The van der Waals surface area contributed by atoms with E-state index < -0.39 is 10.0 Å². The van der Waals surface area contributed by atoms with Crippen molar-refractivity contribution in [2.75, 3.05) is 13.2 Å². The van der Waals surface area contributed by atoms with Crippen LogP contribution < -0.4 is 0 Å². The van der Waals surface area contributed by atoms with Crippen LogP contribution in [0.15, 0.2) is 17.3 Å². The second-order valence-corrected chi connectivity index (χ2v) is 7.92. The molecule has 0 bridgehead atoms. The number of sulfonamides is 1. The molecule has 7 heteroatoms. The van der Waals surface area contributed by atoms with E-state index in [1.54, 1.807) is 4.31 Å². The van der Waals surface area contributed by atoms with Gasteiger partial charge in [-0.15, -0.1) is 0 Å². The zero-order chi connectivity index (χ0) is 14.9. The number of aliphatic hydroxyl groups is 1. The first-order valence-corrected chi connectivity index (χ1v) is 9.22. The summed E-state index contributed by atoms with van der Waals surface area (Å²) in [5.41, 5.74) is 0. The fourth-order valence-electron chi connectivity index (χ4n) is 3.72. The Balaban J connectivity index is 1.85. The van der Waals surface area contributed by atoms with Gasteiger partial charge >= 0.3 is 0 Å². The van der Waals surface area contributed by atoms with E-state index in [1.165, 1.54) is 23.5 Å². The van der Waals surface area contributed by atoms with Crippen molar-refractivity contribution >= 4 is 10.0 Å². The first kappa shape index (κ1) is 15.0. The maximum Gasteiger partial charge on any atom is 0.246 e. The Morgan fingerprint density at radius 2 is 2.00 bits per heavy atom.